The van der Waals surface area contributed by atoms with Crippen molar-refractivity contribution in [2.45, 2.75) is 13.0 Å². The maximum atomic E-state index is 12.7. The molecule has 0 fully saturated rings. The highest BCUT2D eigenvalue weighted by Crippen LogP contribution is 2.24. The minimum Gasteiger partial charge on any atom is -0.346 e. The van der Waals surface area contributed by atoms with Gasteiger partial charge in [0, 0.05) is 28.3 Å². The number of aromatic nitrogens is 1. The van der Waals surface area contributed by atoms with Gasteiger partial charge in [-0.1, -0.05) is 34.1 Å². The average molecular weight is 369 g/mol. The zero-order valence-corrected chi connectivity index (χ0v) is 13.8. The van der Waals surface area contributed by atoms with Crippen LogP contribution in [0.1, 0.15) is 15.9 Å². The van der Waals surface area contributed by atoms with Gasteiger partial charge in [-0.15, -0.1) is 0 Å². The van der Waals surface area contributed by atoms with Gasteiger partial charge in [-0.2, -0.15) is 0 Å². The van der Waals surface area contributed by atoms with Crippen molar-refractivity contribution in [1.82, 2.24) is 4.57 Å². The molecular weight excluding hydrogens is 356 g/mol. The van der Waals surface area contributed by atoms with Crippen LogP contribution in [0.5, 0.6) is 0 Å². The van der Waals surface area contributed by atoms with Crippen LogP contribution in [0.15, 0.2) is 57.9 Å². The predicted molar refractivity (Wildman–Crippen MR) is 94.0 cm³/mol. The lowest BCUT2D eigenvalue weighted by molar-refractivity contribution is 0.102. The van der Waals surface area contributed by atoms with Crippen molar-refractivity contribution in [3.05, 3.63) is 74.5 Å². The molecule has 0 spiro atoms. The molecule has 0 atom stereocenters. The standard InChI is InChI=1S/C18H13BrN2O2/c19-12-4-2-5-13(9-12)20-18(23)15-10-21-8-7-11-3-1-6-14(16(11)21)17(15)22/h1-6,9-10H,7-8H2,(H,20,23). The molecule has 1 aromatic heterocycles. The van der Waals surface area contributed by atoms with Gasteiger partial charge in [0.15, 0.2) is 0 Å². The highest BCUT2D eigenvalue weighted by Gasteiger charge is 2.20. The maximum Gasteiger partial charge on any atom is 0.261 e. The summed E-state index contributed by atoms with van der Waals surface area (Å²) in [5.41, 5.74) is 2.73. The molecule has 0 aliphatic carbocycles. The Morgan fingerprint density at radius 1 is 1.17 bits per heavy atom. The highest BCUT2D eigenvalue weighted by molar-refractivity contribution is 9.10. The van der Waals surface area contributed by atoms with Crippen LogP contribution in [0.25, 0.3) is 10.9 Å². The monoisotopic (exact) mass is 368 g/mol. The second kappa shape index (κ2) is 5.35. The number of benzene rings is 2. The maximum absolute atomic E-state index is 12.7. The Morgan fingerprint density at radius 3 is 2.83 bits per heavy atom. The zero-order chi connectivity index (χ0) is 16.0. The van der Waals surface area contributed by atoms with Gasteiger partial charge in [-0.25, -0.2) is 0 Å². The summed E-state index contributed by atoms with van der Waals surface area (Å²) in [4.78, 5) is 25.2. The number of hydrogen-bond donors (Lipinski definition) is 1. The summed E-state index contributed by atoms with van der Waals surface area (Å²) in [7, 11) is 0. The van der Waals surface area contributed by atoms with Crippen molar-refractivity contribution in [2.24, 2.45) is 0 Å². The zero-order valence-electron chi connectivity index (χ0n) is 12.2. The van der Waals surface area contributed by atoms with Gasteiger partial charge in [0.25, 0.3) is 5.91 Å². The van der Waals surface area contributed by atoms with E-state index in [1.165, 1.54) is 5.56 Å². The summed E-state index contributed by atoms with van der Waals surface area (Å²) in [6.45, 7) is 0.799. The van der Waals surface area contributed by atoms with E-state index in [9.17, 15) is 9.59 Å². The van der Waals surface area contributed by atoms with Crippen LogP contribution < -0.4 is 10.7 Å². The lowest BCUT2D eigenvalue weighted by atomic mass is 10.1. The van der Waals surface area contributed by atoms with Crippen molar-refractivity contribution in [2.75, 3.05) is 5.32 Å². The number of amides is 1. The Kier molecular flexibility index (Phi) is 3.31. The van der Waals surface area contributed by atoms with Crippen LogP contribution in [0.3, 0.4) is 0 Å². The van der Waals surface area contributed by atoms with Crippen LogP contribution in [-0.2, 0) is 13.0 Å². The molecule has 4 rings (SSSR count). The molecule has 0 saturated heterocycles. The highest BCUT2D eigenvalue weighted by atomic mass is 79.9. The number of anilines is 1. The van der Waals surface area contributed by atoms with E-state index < -0.39 is 0 Å². The first-order chi connectivity index (χ1) is 11.1. The summed E-state index contributed by atoms with van der Waals surface area (Å²) in [5, 5.41) is 3.40. The van der Waals surface area contributed by atoms with Crippen LogP contribution in [-0.4, -0.2) is 10.5 Å². The Morgan fingerprint density at radius 2 is 2.00 bits per heavy atom. The molecule has 4 nitrogen and oxygen atoms in total. The Labute approximate surface area is 140 Å². The van der Waals surface area contributed by atoms with Gasteiger partial charge >= 0.3 is 0 Å². The van der Waals surface area contributed by atoms with Gasteiger partial charge in [0.05, 0.1) is 5.52 Å². The van der Waals surface area contributed by atoms with E-state index in [-0.39, 0.29) is 16.9 Å². The molecule has 1 aliphatic rings. The van der Waals surface area contributed by atoms with Crippen molar-refractivity contribution in [3.8, 4) is 0 Å². The fourth-order valence-electron chi connectivity index (χ4n) is 3.08. The third-order valence-corrected chi connectivity index (χ3v) is 4.62. The minimum absolute atomic E-state index is 0.177. The van der Waals surface area contributed by atoms with E-state index in [1.807, 2.05) is 28.8 Å². The smallest absolute Gasteiger partial charge is 0.261 e. The van der Waals surface area contributed by atoms with Crippen molar-refractivity contribution < 1.29 is 4.79 Å². The van der Waals surface area contributed by atoms with Crippen LogP contribution in [0, 0.1) is 0 Å². The topological polar surface area (TPSA) is 51.1 Å². The second-order valence-electron chi connectivity index (χ2n) is 5.59. The van der Waals surface area contributed by atoms with Gasteiger partial charge in [0.1, 0.15) is 5.56 Å². The summed E-state index contributed by atoms with van der Waals surface area (Å²) in [6, 6.07) is 13.0. The summed E-state index contributed by atoms with van der Waals surface area (Å²) in [5.74, 6) is -0.379. The average Bonchev–Trinajstić information content (AvgIpc) is 2.95. The van der Waals surface area contributed by atoms with E-state index in [1.54, 1.807) is 24.4 Å². The summed E-state index contributed by atoms with van der Waals surface area (Å²) in [6.07, 6.45) is 2.57. The van der Waals surface area contributed by atoms with Gasteiger partial charge < -0.3 is 9.88 Å². The number of nitrogens with zero attached hydrogens (tertiary/aromatic N) is 1. The molecule has 23 heavy (non-hydrogen) atoms. The van der Waals surface area contributed by atoms with E-state index >= 15 is 0 Å². The Balaban J connectivity index is 1.80. The fraction of sp³-hybridized carbons (Fsp3) is 0.111. The Hall–Kier alpha value is -2.40. The van der Waals surface area contributed by atoms with E-state index in [0.29, 0.717) is 11.1 Å². The molecule has 0 radical (unpaired) electrons. The molecule has 0 unspecified atom stereocenters. The molecule has 1 aliphatic heterocycles. The normalized spacial score (nSPS) is 12.6. The first-order valence-electron chi connectivity index (χ1n) is 7.35. The van der Waals surface area contributed by atoms with Gasteiger partial charge in [0.2, 0.25) is 5.43 Å². The first-order valence-corrected chi connectivity index (χ1v) is 8.15. The number of hydrogen-bond acceptors (Lipinski definition) is 2. The van der Waals surface area contributed by atoms with Crippen LogP contribution in [0.2, 0.25) is 0 Å². The number of carbonyl (C=O) groups is 1. The quantitative estimate of drug-likeness (QED) is 0.751. The van der Waals surface area contributed by atoms with Crippen molar-refractivity contribution in [3.63, 3.8) is 0 Å². The fourth-order valence-corrected chi connectivity index (χ4v) is 3.48. The molecule has 3 aromatic rings. The second-order valence-corrected chi connectivity index (χ2v) is 6.51. The van der Waals surface area contributed by atoms with Gasteiger partial charge in [-0.05, 0) is 36.2 Å². The summed E-state index contributed by atoms with van der Waals surface area (Å²) >= 11 is 3.37. The molecule has 0 saturated carbocycles. The predicted octanol–water partition coefficient (Wildman–Crippen LogP) is 3.57. The summed E-state index contributed by atoms with van der Waals surface area (Å²) < 4.78 is 2.87. The van der Waals surface area contributed by atoms with Crippen molar-refractivity contribution >= 4 is 38.4 Å². The third-order valence-electron chi connectivity index (χ3n) is 4.13. The molecule has 1 N–H and O–H groups in total. The Bertz CT molecular complexity index is 1010. The van der Waals surface area contributed by atoms with Crippen LogP contribution in [0.4, 0.5) is 5.69 Å². The number of aryl methyl sites for hydroxylation is 2. The number of pyridine rings is 1. The molecule has 114 valence electrons. The number of nitrogens with one attached hydrogen (secondary N) is 1. The lowest BCUT2D eigenvalue weighted by Crippen LogP contribution is -2.23. The number of para-hydroxylation sites is 1. The van der Waals surface area contributed by atoms with E-state index in [0.717, 1.165) is 23.0 Å². The van der Waals surface area contributed by atoms with E-state index in [4.69, 9.17) is 0 Å². The van der Waals surface area contributed by atoms with E-state index in [2.05, 4.69) is 21.2 Å². The minimum atomic E-state index is -0.379. The largest absolute Gasteiger partial charge is 0.346 e. The lowest BCUT2D eigenvalue weighted by Gasteiger charge is -2.09. The third kappa shape index (κ3) is 2.37. The van der Waals surface area contributed by atoms with Gasteiger partial charge in [-0.3, -0.25) is 9.59 Å². The number of carbonyl (C=O) groups excluding carboxylic acids is 1. The molecule has 2 heterocycles. The number of halogens is 1. The van der Waals surface area contributed by atoms with Crippen LogP contribution >= 0.6 is 15.9 Å². The molecule has 2 aromatic carbocycles. The van der Waals surface area contributed by atoms with Crippen molar-refractivity contribution in [1.29, 1.82) is 0 Å². The molecule has 0 bridgehead atoms. The SMILES string of the molecule is O=C(Nc1cccc(Br)c1)c1cn2c3c(cccc3c1=O)CC2. The molecule has 5 heteroatoms. The first kappa shape index (κ1) is 14.2. The number of rotatable bonds is 2. The molecule has 1 amide bonds. The molecular formula is C18H13BrN2O2.